The number of hydrogen-bond donors (Lipinski definition) is 0. The van der Waals surface area contributed by atoms with Crippen LogP contribution in [-0.4, -0.2) is 49.4 Å². The van der Waals surface area contributed by atoms with E-state index in [0.29, 0.717) is 0 Å². The van der Waals surface area contributed by atoms with Crippen molar-refractivity contribution in [3.8, 4) is 0 Å². The third-order valence-electron chi connectivity index (χ3n) is 7.52. The standard InChI is InChI=1S/C29H34FN5O11/c1-13(2)24(36)40-11-29(7)19(45-25(37)14(3)4)8-20(46-29)35-12-32-21-22(31-9-17-15(5)41-27(38)43-17)34(26(30)33-23(21)35)10-18-16(6)42-28(39)44-18/h12-14,19-20H,8-11H2,1-7H3/t19-,20+,29+/m0/s1. The minimum Gasteiger partial charge on any atom is -0.462 e. The van der Waals surface area contributed by atoms with Gasteiger partial charge in [0.2, 0.25) is 0 Å². The summed E-state index contributed by atoms with van der Waals surface area (Å²) >= 11 is 0. The number of hydrogen-bond acceptors (Lipinski definition) is 14. The number of carbonyl (C=O) groups excluding carboxylic acids is 2. The average molecular weight is 648 g/mol. The Morgan fingerprint density at radius 3 is 2.26 bits per heavy atom. The molecule has 4 aromatic rings. The van der Waals surface area contributed by atoms with E-state index in [4.69, 9.17) is 31.9 Å². The summed E-state index contributed by atoms with van der Waals surface area (Å²) in [6.07, 6.45) is -1.28. The van der Waals surface area contributed by atoms with Gasteiger partial charge >= 0.3 is 23.6 Å². The van der Waals surface area contributed by atoms with Gasteiger partial charge in [0.25, 0.3) is 6.08 Å². The number of fused-ring (bicyclic) bond motifs is 1. The van der Waals surface area contributed by atoms with Crippen molar-refractivity contribution >= 4 is 23.1 Å². The Balaban J connectivity index is 1.58. The fourth-order valence-electron chi connectivity index (χ4n) is 4.82. The number of nitrogens with zero attached hydrogens (tertiary/aromatic N) is 5. The summed E-state index contributed by atoms with van der Waals surface area (Å²) in [5, 5.41) is 0. The Kier molecular flexibility index (Phi) is 8.88. The fourth-order valence-corrected chi connectivity index (χ4v) is 4.82. The van der Waals surface area contributed by atoms with E-state index in [-0.39, 0.29) is 65.8 Å². The van der Waals surface area contributed by atoms with E-state index in [1.165, 1.54) is 24.7 Å². The van der Waals surface area contributed by atoms with Crippen molar-refractivity contribution in [2.45, 2.75) is 85.9 Å². The van der Waals surface area contributed by atoms with Crippen LogP contribution in [0.4, 0.5) is 4.39 Å². The Hall–Kier alpha value is -4.80. The number of aromatic nitrogens is 4. The number of aryl methyl sites for hydroxylation is 2. The van der Waals surface area contributed by atoms with E-state index in [9.17, 15) is 19.2 Å². The zero-order valence-corrected chi connectivity index (χ0v) is 26.3. The zero-order valence-electron chi connectivity index (χ0n) is 26.3. The molecular formula is C29H34FN5O11. The maximum atomic E-state index is 15.9. The highest BCUT2D eigenvalue weighted by molar-refractivity contribution is 5.72. The lowest BCUT2D eigenvalue weighted by molar-refractivity contribution is -0.177. The predicted molar refractivity (Wildman–Crippen MR) is 151 cm³/mol. The highest BCUT2D eigenvalue weighted by Gasteiger charge is 2.50. The lowest BCUT2D eigenvalue weighted by Crippen LogP contribution is -2.44. The summed E-state index contributed by atoms with van der Waals surface area (Å²) in [4.78, 5) is 61.2. The van der Waals surface area contributed by atoms with Crippen molar-refractivity contribution in [3.05, 3.63) is 62.2 Å². The third kappa shape index (κ3) is 6.45. The van der Waals surface area contributed by atoms with Crippen LogP contribution < -0.4 is 17.1 Å². The average Bonchev–Trinajstić information content (AvgIpc) is 3.71. The molecule has 1 aliphatic heterocycles. The first-order chi connectivity index (χ1) is 21.7. The van der Waals surface area contributed by atoms with Crippen LogP contribution in [0.25, 0.3) is 11.2 Å². The van der Waals surface area contributed by atoms with Gasteiger partial charge in [-0.2, -0.15) is 9.37 Å². The van der Waals surface area contributed by atoms with Gasteiger partial charge in [0, 0.05) is 6.42 Å². The van der Waals surface area contributed by atoms with Crippen LogP contribution in [0, 0.1) is 31.8 Å². The highest BCUT2D eigenvalue weighted by atomic mass is 19.1. The lowest BCUT2D eigenvalue weighted by Gasteiger charge is -2.30. The summed E-state index contributed by atoms with van der Waals surface area (Å²) in [6, 6.07) is 0. The Labute approximate surface area is 259 Å². The summed E-state index contributed by atoms with van der Waals surface area (Å²) < 4.78 is 55.9. The van der Waals surface area contributed by atoms with E-state index in [2.05, 4.69) is 15.0 Å². The monoisotopic (exact) mass is 647 g/mol. The van der Waals surface area contributed by atoms with Gasteiger partial charge < -0.3 is 31.9 Å². The molecule has 17 heteroatoms. The van der Waals surface area contributed by atoms with Crippen molar-refractivity contribution in [1.82, 2.24) is 19.1 Å². The van der Waals surface area contributed by atoms with Crippen LogP contribution in [0.1, 0.15) is 70.3 Å². The van der Waals surface area contributed by atoms with Gasteiger partial charge in [-0.1, -0.05) is 27.7 Å². The van der Waals surface area contributed by atoms with Crippen LogP contribution >= 0.6 is 0 Å². The molecule has 16 nitrogen and oxygen atoms in total. The highest BCUT2D eigenvalue weighted by Crippen LogP contribution is 2.40. The molecule has 0 aliphatic carbocycles. The van der Waals surface area contributed by atoms with E-state index >= 15 is 4.39 Å². The number of halogens is 1. The molecule has 0 aromatic carbocycles. The molecule has 0 unspecified atom stereocenters. The topological polar surface area (TPSA) is 197 Å². The normalized spacial score (nSPS) is 20.3. The summed E-state index contributed by atoms with van der Waals surface area (Å²) in [5.41, 5.74) is -1.16. The zero-order chi connectivity index (χ0) is 33.5. The lowest BCUT2D eigenvalue weighted by atomic mass is 9.99. The molecule has 1 saturated heterocycles. The Morgan fingerprint density at radius 2 is 1.67 bits per heavy atom. The molecule has 3 atom stereocenters. The van der Waals surface area contributed by atoms with Crippen LogP contribution in [-0.2, 0) is 36.9 Å². The predicted octanol–water partition coefficient (Wildman–Crippen LogP) is 2.67. The van der Waals surface area contributed by atoms with E-state index in [1.807, 2.05) is 0 Å². The van der Waals surface area contributed by atoms with Gasteiger partial charge in [-0.25, -0.2) is 14.6 Å². The second-order valence-corrected chi connectivity index (χ2v) is 11.8. The molecule has 0 amide bonds. The first-order valence-corrected chi connectivity index (χ1v) is 14.5. The summed E-state index contributed by atoms with van der Waals surface area (Å²) in [7, 11) is 0. The van der Waals surface area contributed by atoms with Crippen molar-refractivity contribution in [2.24, 2.45) is 16.8 Å². The van der Waals surface area contributed by atoms with Gasteiger partial charge in [0.05, 0.1) is 24.7 Å². The molecule has 0 spiro atoms. The van der Waals surface area contributed by atoms with Gasteiger partial charge in [0.15, 0.2) is 28.2 Å². The minimum atomic E-state index is -1.26. The Morgan fingerprint density at radius 1 is 1.04 bits per heavy atom. The largest absolute Gasteiger partial charge is 0.519 e. The summed E-state index contributed by atoms with van der Waals surface area (Å²) in [5.74, 6) is -3.20. The van der Waals surface area contributed by atoms with Gasteiger partial charge in [-0.3, -0.25) is 23.7 Å². The molecule has 46 heavy (non-hydrogen) atoms. The maximum Gasteiger partial charge on any atom is 0.519 e. The van der Waals surface area contributed by atoms with E-state index < -0.39 is 59.4 Å². The maximum absolute atomic E-state index is 15.9. The van der Waals surface area contributed by atoms with Crippen molar-refractivity contribution in [1.29, 1.82) is 0 Å². The molecule has 0 N–H and O–H groups in total. The second-order valence-electron chi connectivity index (χ2n) is 11.8. The number of esters is 2. The van der Waals surface area contributed by atoms with E-state index in [1.54, 1.807) is 34.6 Å². The SMILES string of the molecule is Cc1oc(=O)oc1CN=c1c2ncn([C@H]3C[C@H](OC(=O)C(C)C)[C@@](C)(COC(=O)C(C)C)O3)c2nc(F)n1Cc1oc(=O)oc1C. The van der Waals surface area contributed by atoms with Crippen molar-refractivity contribution < 1.29 is 45.9 Å². The van der Waals surface area contributed by atoms with Gasteiger partial charge in [-0.05, 0) is 20.8 Å². The van der Waals surface area contributed by atoms with Crippen LogP contribution in [0.3, 0.4) is 0 Å². The molecule has 0 saturated carbocycles. The van der Waals surface area contributed by atoms with Gasteiger partial charge in [0.1, 0.15) is 42.6 Å². The smallest absolute Gasteiger partial charge is 0.462 e. The minimum absolute atomic E-state index is 0.0191. The molecule has 5 heterocycles. The van der Waals surface area contributed by atoms with Crippen molar-refractivity contribution in [2.75, 3.05) is 6.61 Å². The van der Waals surface area contributed by atoms with Crippen LogP contribution in [0.2, 0.25) is 0 Å². The molecule has 1 aliphatic rings. The quantitative estimate of drug-likeness (QED) is 0.180. The first kappa shape index (κ1) is 32.6. The van der Waals surface area contributed by atoms with Crippen molar-refractivity contribution in [3.63, 3.8) is 0 Å². The summed E-state index contributed by atoms with van der Waals surface area (Å²) in [6.45, 7) is 10.6. The van der Waals surface area contributed by atoms with Crippen LogP contribution in [0.15, 0.2) is 38.6 Å². The van der Waals surface area contributed by atoms with Gasteiger partial charge in [-0.15, -0.1) is 0 Å². The Bertz CT molecular complexity index is 1960. The number of imidazole rings is 1. The molecule has 1 fully saturated rings. The molecule has 0 radical (unpaired) electrons. The first-order valence-electron chi connectivity index (χ1n) is 14.5. The van der Waals surface area contributed by atoms with Crippen LogP contribution in [0.5, 0.6) is 0 Å². The number of ether oxygens (including phenoxy) is 3. The second kappa shape index (κ2) is 12.5. The third-order valence-corrected chi connectivity index (χ3v) is 7.52. The molecular weight excluding hydrogens is 613 g/mol. The molecule has 0 bridgehead atoms. The molecule has 4 aromatic heterocycles. The molecule has 248 valence electrons. The number of rotatable bonds is 10. The van der Waals surface area contributed by atoms with E-state index in [0.717, 1.165) is 4.57 Å². The molecule has 5 rings (SSSR count). The number of carbonyl (C=O) groups is 2. The fraction of sp³-hybridized carbons (Fsp3) is 0.552.